The normalized spacial score (nSPS) is 16.2. The lowest BCUT2D eigenvalue weighted by atomic mass is 10.1. The monoisotopic (exact) mass is 445 g/mol. The molecule has 2 rings (SSSR count). The van der Waals surface area contributed by atoms with Crippen LogP contribution in [-0.4, -0.2) is 59.9 Å². The maximum absolute atomic E-state index is 9.55. The highest BCUT2D eigenvalue weighted by Crippen LogP contribution is 2.38. The molecule has 1 saturated heterocycles. The predicted molar refractivity (Wildman–Crippen MR) is 112 cm³/mol. The molecule has 9 heteroatoms. The highest BCUT2D eigenvalue weighted by Gasteiger charge is 2.23. The van der Waals surface area contributed by atoms with Gasteiger partial charge in [0.1, 0.15) is 0 Å². The number of likely N-dealkylation sites (tertiary alicyclic amines) is 1. The highest BCUT2D eigenvalue weighted by atomic mass is 35.5. The molecule has 1 aromatic rings. The summed E-state index contributed by atoms with van der Waals surface area (Å²) in [5.74, 6) is -1.38. The van der Waals surface area contributed by atoms with Gasteiger partial charge in [0.2, 0.25) is 0 Å². The van der Waals surface area contributed by atoms with Gasteiger partial charge in [0, 0.05) is 35.8 Å². The van der Waals surface area contributed by atoms with Crippen LogP contribution in [0.1, 0.15) is 19.3 Å². The summed E-state index contributed by atoms with van der Waals surface area (Å²) in [7, 11) is 1.57. The first kappa shape index (κ1) is 24.8. The molecule has 1 heterocycles. The summed E-state index contributed by atoms with van der Waals surface area (Å²) >= 11 is 12.1. The quantitative estimate of drug-likeness (QED) is 0.435. The molecule has 160 valence electrons. The van der Waals surface area contributed by atoms with Gasteiger partial charge in [0.05, 0.1) is 18.7 Å². The third-order valence-electron chi connectivity index (χ3n) is 4.12. The summed E-state index contributed by atoms with van der Waals surface area (Å²) in [4.78, 5) is 21.6. The standard InChI is InChI=1S/C16H21Cl2NO2.C4H4O4/c1-3-7-19-8-4-5-13(19)6-9-21-15-11-12(17)10-14(18)16(15)20-2;5-3(6)1-2-4(7)8/h3,10-11,13H,1,4-9H2,2H3;1-2H,(H,5,6)(H,7,8)/b;2-1+. The van der Waals surface area contributed by atoms with Crippen LogP contribution in [0.5, 0.6) is 11.5 Å². The number of rotatable bonds is 9. The van der Waals surface area contributed by atoms with E-state index < -0.39 is 11.9 Å². The Labute approximate surface area is 180 Å². The lowest BCUT2D eigenvalue weighted by Crippen LogP contribution is -2.30. The lowest BCUT2D eigenvalue weighted by Gasteiger charge is -2.23. The zero-order chi connectivity index (χ0) is 21.8. The molecular weight excluding hydrogens is 421 g/mol. The number of benzene rings is 1. The Bertz CT molecular complexity index is 722. The fraction of sp³-hybridized carbons (Fsp3) is 0.400. The van der Waals surface area contributed by atoms with Crippen LogP contribution in [0.25, 0.3) is 0 Å². The van der Waals surface area contributed by atoms with Crippen molar-refractivity contribution in [2.45, 2.75) is 25.3 Å². The van der Waals surface area contributed by atoms with E-state index in [1.54, 1.807) is 19.2 Å². The van der Waals surface area contributed by atoms with Gasteiger partial charge in [0.15, 0.2) is 11.5 Å². The first-order chi connectivity index (χ1) is 13.8. The number of hydrogen-bond donors (Lipinski definition) is 2. The van der Waals surface area contributed by atoms with Gasteiger partial charge in [-0.1, -0.05) is 29.3 Å². The molecule has 0 saturated carbocycles. The third-order valence-corrected chi connectivity index (χ3v) is 4.62. The van der Waals surface area contributed by atoms with Crippen LogP contribution in [0.4, 0.5) is 0 Å². The van der Waals surface area contributed by atoms with Gasteiger partial charge in [-0.2, -0.15) is 0 Å². The van der Waals surface area contributed by atoms with E-state index in [-0.39, 0.29) is 0 Å². The molecule has 7 nitrogen and oxygen atoms in total. The Balaban J connectivity index is 0.000000447. The van der Waals surface area contributed by atoms with Crippen molar-refractivity contribution < 1.29 is 29.3 Å². The van der Waals surface area contributed by atoms with E-state index in [4.69, 9.17) is 42.9 Å². The molecule has 0 spiro atoms. The van der Waals surface area contributed by atoms with E-state index in [2.05, 4.69) is 11.5 Å². The molecule has 29 heavy (non-hydrogen) atoms. The Hall–Kier alpha value is -2.22. The average Bonchev–Trinajstić information content (AvgIpc) is 3.08. The summed E-state index contributed by atoms with van der Waals surface area (Å²) in [6, 6.07) is 3.95. The van der Waals surface area contributed by atoms with E-state index in [0.29, 0.717) is 46.3 Å². The van der Waals surface area contributed by atoms with E-state index in [9.17, 15) is 9.59 Å². The van der Waals surface area contributed by atoms with Crippen LogP contribution in [-0.2, 0) is 9.59 Å². The zero-order valence-electron chi connectivity index (χ0n) is 16.1. The predicted octanol–water partition coefficient (Wildman–Crippen LogP) is 4.13. The molecule has 0 amide bonds. The van der Waals surface area contributed by atoms with E-state index in [1.807, 2.05) is 6.08 Å². The molecular formula is C20H25Cl2NO6. The largest absolute Gasteiger partial charge is 0.491 e. The number of hydrogen-bond acceptors (Lipinski definition) is 5. The second-order valence-corrected chi connectivity index (χ2v) is 6.99. The van der Waals surface area contributed by atoms with Gasteiger partial charge in [0.25, 0.3) is 0 Å². The number of carbonyl (C=O) groups is 2. The van der Waals surface area contributed by atoms with Crippen molar-refractivity contribution in [1.82, 2.24) is 4.90 Å². The summed E-state index contributed by atoms with van der Waals surface area (Å²) < 4.78 is 11.1. The van der Waals surface area contributed by atoms with Crippen molar-refractivity contribution in [3.63, 3.8) is 0 Å². The van der Waals surface area contributed by atoms with Gasteiger partial charge < -0.3 is 19.7 Å². The molecule has 0 radical (unpaired) electrons. The van der Waals surface area contributed by atoms with E-state index in [0.717, 1.165) is 19.5 Å². The topological polar surface area (TPSA) is 96.3 Å². The number of carboxylic acid groups (broad SMARTS) is 2. The SMILES string of the molecule is C=CCN1CCCC1CCOc1cc(Cl)cc(Cl)c1OC.O=C(O)/C=C/C(=O)O. The van der Waals surface area contributed by atoms with Crippen molar-refractivity contribution in [1.29, 1.82) is 0 Å². The van der Waals surface area contributed by atoms with Gasteiger partial charge in [-0.15, -0.1) is 6.58 Å². The molecule has 0 bridgehead atoms. The van der Waals surface area contributed by atoms with Gasteiger partial charge in [-0.25, -0.2) is 9.59 Å². The van der Waals surface area contributed by atoms with Gasteiger partial charge in [-0.05, 0) is 31.9 Å². The molecule has 2 N–H and O–H groups in total. The fourth-order valence-corrected chi connectivity index (χ4v) is 3.47. The van der Waals surface area contributed by atoms with Crippen molar-refractivity contribution in [2.75, 3.05) is 26.8 Å². The molecule has 1 aliphatic heterocycles. The first-order valence-corrected chi connectivity index (χ1v) is 9.68. The number of halogens is 2. The summed E-state index contributed by atoms with van der Waals surface area (Å²) in [5, 5.41) is 16.6. The number of aliphatic carboxylic acids is 2. The van der Waals surface area contributed by atoms with Crippen molar-refractivity contribution in [2.24, 2.45) is 0 Å². The maximum atomic E-state index is 9.55. The average molecular weight is 446 g/mol. The van der Waals surface area contributed by atoms with Crippen LogP contribution in [0.3, 0.4) is 0 Å². The second kappa shape index (κ2) is 13.1. The highest BCUT2D eigenvalue weighted by molar-refractivity contribution is 6.35. The van der Waals surface area contributed by atoms with Crippen LogP contribution in [0.2, 0.25) is 10.0 Å². The van der Waals surface area contributed by atoms with Crippen LogP contribution < -0.4 is 9.47 Å². The van der Waals surface area contributed by atoms with E-state index in [1.165, 1.54) is 12.8 Å². The van der Waals surface area contributed by atoms with Gasteiger partial charge >= 0.3 is 11.9 Å². The van der Waals surface area contributed by atoms with Crippen LogP contribution in [0, 0.1) is 0 Å². The van der Waals surface area contributed by atoms with E-state index >= 15 is 0 Å². The Morgan fingerprint density at radius 3 is 2.48 bits per heavy atom. The van der Waals surface area contributed by atoms with Crippen molar-refractivity contribution in [3.05, 3.63) is 47.0 Å². The van der Waals surface area contributed by atoms with Gasteiger partial charge in [-0.3, -0.25) is 4.90 Å². The number of methoxy groups -OCH3 is 1. The molecule has 1 aromatic carbocycles. The van der Waals surface area contributed by atoms with Crippen LogP contribution >= 0.6 is 23.2 Å². The summed E-state index contributed by atoms with van der Waals surface area (Å²) in [5.41, 5.74) is 0. The fourth-order valence-electron chi connectivity index (χ4n) is 2.92. The molecule has 0 aromatic heterocycles. The third kappa shape index (κ3) is 9.21. The smallest absolute Gasteiger partial charge is 0.328 e. The molecule has 0 aliphatic carbocycles. The Morgan fingerprint density at radius 1 is 1.28 bits per heavy atom. The minimum Gasteiger partial charge on any atom is -0.491 e. The summed E-state index contributed by atoms with van der Waals surface area (Å²) in [6.07, 6.45) is 6.50. The molecule has 1 fully saturated rings. The molecule has 1 aliphatic rings. The minimum atomic E-state index is -1.26. The van der Waals surface area contributed by atoms with Crippen LogP contribution in [0.15, 0.2) is 36.9 Å². The number of nitrogens with zero attached hydrogens (tertiary/aromatic N) is 1. The Morgan fingerprint density at radius 2 is 1.93 bits per heavy atom. The number of carboxylic acids is 2. The molecule has 1 atom stereocenters. The maximum Gasteiger partial charge on any atom is 0.328 e. The molecule has 1 unspecified atom stereocenters. The lowest BCUT2D eigenvalue weighted by molar-refractivity contribution is -0.134. The zero-order valence-corrected chi connectivity index (χ0v) is 17.7. The first-order valence-electron chi connectivity index (χ1n) is 8.93. The Kier molecular flexibility index (Phi) is 11.2. The van der Waals surface area contributed by atoms with Crippen molar-refractivity contribution >= 4 is 35.1 Å². The number of ether oxygens (including phenoxy) is 2. The minimum absolute atomic E-state index is 0.467. The summed E-state index contributed by atoms with van der Waals surface area (Å²) in [6.45, 7) is 6.51. The second-order valence-electron chi connectivity index (χ2n) is 6.15. The van der Waals surface area contributed by atoms with Crippen molar-refractivity contribution in [3.8, 4) is 11.5 Å².